The van der Waals surface area contributed by atoms with E-state index in [1.165, 1.54) is 0 Å². The number of hydrogen-bond donors (Lipinski definition) is 1. The SMILES string of the molecule is CC(CCS(=O)(=O)O)[n+]1ccccc1. The molecule has 78 valence electrons. The van der Waals surface area contributed by atoms with Gasteiger partial charge in [-0.1, -0.05) is 6.07 Å². The zero-order valence-electron chi connectivity index (χ0n) is 8.00. The smallest absolute Gasteiger partial charge is 0.265 e. The molecule has 14 heavy (non-hydrogen) atoms. The average Bonchev–Trinajstić information content (AvgIpc) is 2.14. The molecule has 0 aromatic carbocycles. The van der Waals surface area contributed by atoms with Gasteiger partial charge in [-0.2, -0.15) is 8.42 Å². The largest absolute Gasteiger partial charge is 0.286 e. The molecule has 0 aliphatic carbocycles. The van der Waals surface area contributed by atoms with Gasteiger partial charge in [0.2, 0.25) is 0 Å². The maximum Gasteiger partial charge on any atom is 0.265 e. The molecule has 0 radical (unpaired) electrons. The first-order chi connectivity index (χ1) is 6.49. The number of pyridine rings is 1. The van der Waals surface area contributed by atoms with E-state index in [0.717, 1.165) is 0 Å². The third-order valence-electron chi connectivity index (χ3n) is 2.04. The molecule has 1 unspecified atom stereocenters. The van der Waals surface area contributed by atoms with Gasteiger partial charge >= 0.3 is 0 Å². The van der Waals surface area contributed by atoms with Gasteiger partial charge in [0.25, 0.3) is 10.1 Å². The van der Waals surface area contributed by atoms with Gasteiger partial charge in [-0.3, -0.25) is 4.55 Å². The molecule has 0 aliphatic rings. The molecule has 1 rings (SSSR count). The summed E-state index contributed by atoms with van der Waals surface area (Å²) in [4.78, 5) is 0. The van der Waals surface area contributed by atoms with E-state index in [9.17, 15) is 8.42 Å². The van der Waals surface area contributed by atoms with Crippen LogP contribution in [0.4, 0.5) is 0 Å². The molecule has 1 N–H and O–H groups in total. The van der Waals surface area contributed by atoms with Crippen molar-refractivity contribution < 1.29 is 17.5 Å². The van der Waals surface area contributed by atoms with Crippen LogP contribution in [0, 0.1) is 0 Å². The highest BCUT2D eigenvalue weighted by atomic mass is 32.2. The van der Waals surface area contributed by atoms with Crippen molar-refractivity contribution in [2.45, 2.75) is 19.4 Å². The minimum Gasteiger partial charge on any atom is -0.286 e. The van der Waals surface area contributed by atoms with Crippen molar-refractivity contribution in [1.29, 1.82) is 0 Å². The summed E-state index contributed by atoms with van der Waals surface area (Å²) in [6.07, 6.45) is 4.15. The van der Waals surface area contributed by atoms with Crippen molar-refractivity contribution in [2.75, 3.05) is 5.75 Å². The Hall–Kier alpha value is -0.940. The molecule has 4 nitrogen and oxygen atoms in total. The fourth-order valence-corrected chi connectivity index (χ4v) is 1.81. The second-order valence-electron chi connectivity index (χ2n) is 3.25. The molecule has 0 amide bonds. The van der Waals surface area contributed by atoms with Gasteiger partial charge in [-0.05, 0) is 6.92 Å². The van der Waals surface area contributed by atoms with E-state index < -0.39 is 10.1 Å². The van der Waals surface area contributed by atoms with E-state index in [1.807, 2.05) is 42.1 Å². The maximum absolute atomic E-state index is 10.5. The van der Waals surface area contributed by atoms with Crippen LogP contribution in [-0.2, 0) is 10.1 Å². The normalized spacial score (nSPS) is 13.9. The molecule has 0 fully saturated rings. The predicted molar refractivity (Wildman–Crippen MR) is 52.4 cm³/mol. The van der Waals surface area contributed by atoms with Crippen LogP contribution in [0.1, 0.15) is 19.4 Å². The highest BCUT2D eigenvalue weighted by molar-refractivity contribution is 7.85. The van der Waals surface area contributed by atoms with Crippen LogP contribution in [0.2, 0.25) is 0 Å². The van der Waals surface area contributed by atoms with Crippen molar-refractivity contribution in [1.82, 2.24) is 0 Å². The van der Waals surface area contributed by atoms with Crippen LogP contribution in [0.3, 0.4) is 0 Å². The third kappa shape index (κ3) is 3.85. The lowest BCUT2D eigenvalue weighted by atomic mass is 10.2. The number of hydrogen-bond acceptors (Lipinski definition) is 2. The summed E-state index contributed by atoms with van der Waals surface area (Å²) in [5.41, 5.74) is 0. The second kappa shape index (κ2) is 4.52. The first-order valence-electron chi connectivity index (χ1n) is 4.40. The Morgan fingerprint density at radius 3 is 2.36 bits per heavy atom. The van der Waals surface area contributed by atoms with Gasteiger partial charge in [-0.15, -0.1) is 0 Å². The molecule has 1 atom stereocenters. The lowest BCUT2D eigenvalue weighted by Gasteiger charge is -2.04. The summed E-state index contributed by atoms with van der Waals surface area (Å²) in [6, 6.07) is 5.72. The van der Waals surface area contributed by atoms with Crippen LogP contribution < -0.4 is 4.57 Å². The second-order valence-corrected chi connectivity index (χ2v) is 4.82. The summed E-state index contributed by atoms with van der Waals surface area (Å²) in [5, 5.41) is 0. The maximum atomic E-state index is 10.5. The molecule has 0 bridgehead atoms. The molecule has 5 heteroatoms. The van der Waals surface area contributed by atoms with E-state index in [2.05, 4.69) is 0 Å². The summed E-state index contributed by atoms with van der Waals surface area (Å²) in [7, 11) is -3.84. The predicted octanol–water partition coefficient (Wildman–Crippen LogP) is 0.813. The zero-order chi connectivity index (χ0) is 10.6. The van der Waals surface area contributed by atoms with Crippen LogP contribution in [0.15, 0.2) is 30.6 Å². The molecule has 0 saturated carbocycles. The fraction of sp³-hybridized carbons (Fsp3) is 0.444. The van der Waals surface area contributed by atoms with E-state index in [4.69, 9.17) is 4.55 Å². The molecule has 0 aliphatic heterocycles. The van der Waals surface area contributed by atoms with Gasteiger partial charge in [0.15, 0.2) is 18.4 Å². The Bertz CT molecular complexity index is 374. The minimum atomic E-state index is -3.84. The Morgan fingerprint density at radius 1 is 1.29 bits per heavy atom. The molecule has 1 heterocycles. The first-order valence-corrected chi connectivity index (χ1v) is 6.01. The molecule has 0 spiro atoms. The van der Waals surface area contributed by atoms with E-state index in [0.29, 0.717) is 6.42 Å². The van der Waals surface area contributed by atoms with Gasteiger partial charge in [0.05, 0.1) is 5.75 Å². The number of aromatic nitrogens is 1. The van der Waals surface area contributed by atoms with Crippen molar-refractivity contribution in [3.8, 4) is 0 Å². The van der Waals surface area contributed by atoms with Crippen LogP contribution in [0.5, 0.6) is 0 Å². The van der Waals surface area contributed by atoms with Crippen molar-refractivity contribution in [3.63, 3.8) is 0 Å². The minimum absolute atomic E-state index is 0.0677. The zero-order valence-corrected chi connectivity index (χ0v) is 8.81. The summed E-state index contributed by atoms with van der Waals surface area (Å²) >= 11 is 0. The summed E-state index contributed by atoms with van der Waals surface area (Å²) in [6.45, 7) is 1.91. The van der Waals surface area contributed by atoms with Crippen molar-refractivity contribution in [3.05, 3.63) is 30.6 Å². The van der Waals surface area contributed by atoms with Crippen LogP contribution in [0.25, 0.3) is 0 Å². The van der Waals surface area contributed by atoms with Gasteiger partial charge < -0.3 is 0 Å². The van der Waals surface area contributed by atoms with Crippen molar-refractivity contribution >= 4 is 10.1 Å². The molecular weight excluding hydrogens is 202 g/mol. The number of rotatable bonds is 4. The molecular formula is C9H14NO3S+. The van der Waals surface area contributed by atoms with Crippen LogP contribution >= 0.6 is 0 Å². The lowest BCUT2D eigenvalue weighted by molar-refractivity contribution is -0.719. The fourth-order valence-electron chi connectivity index (χ4n) is 1.17. The average molecular weight is 216 g/mol. The molecule has 0 saturated heterocycles. The first kappa shape index (κ1) is 11.1. The van der Waals surface area contributed by atoms with Gasteiger partial charge in [0.1, 0.15) is 0 Å². The third-order valence-corrected chi connectivity index (χ3v) is 2.79. The van der Waals surface area contributed by atoms with E-state index >= 15 is 0 Å². The molecule has 1 aromatic rings. The quantitative estimate of drug-likeness (QED) is 0.598. The Balaban J connectivity index is 2.56. The van der Waals surface area contributed by atoms with Gasteiger partial charge in [0, 0.05) is 18.6 Å². The van der Waals surface area contributed by atoms with Gasteiger partial charge in [-0.25, -0.2) is 4.57 Å². The highest BCUT2D eigenvalue weighted by Gasteiger charge is 2.15. The van der Waals surface area contributed by atoms with Crippen LogP contribution in [-0.4, -0.2) is 18.7 Å². The highest BCUT2D eigenvalue weighted by Crippen LogP contribution is 2.02. The van der Waals surface area contributed by atoms with E-state index in [-0.39, 0.29) is 11.8 Å². The van der Waals surface area contributed by atoms with E-state index in [1.54, 1.807) is 0 Å². The monoisotopic (exact) mass is 216 g/mol. The Morgan fingerprint density at radius 2 is 1.86 bits per heavy atom. The Kier molecular flexibility index (Phi) is 3.60. The summed E-state index contributed by atoms with van der Waals surface area (Å²) in [5.74, 6) is -0.198. The molecule has 1 aromatic heterocycles. The van der Waals surface area contributed by atoms with Crippen molar-refractivity contribution in [2.24, 2.45) is 0 Å². The Labute approximate surface area is 83.9 Å². The lowest BCUT2D eigenvalue weighted by Crippen LogP contribution is -2.37. The topological polar surface area (TPSA) is 58.3 Å². The number of nitrogens with zero attached hydrogens (tertiary/aromatic N) is 1. The summed E-state index contributed by atoms with van der Waals surface area (Å²) < 4.78 is 31.5. The standard InChI is InChI=1S/C9H13NO3S/c1-9(5-8-14(11,12)13)10-6-3-2-4-7-10/h2-4,6-7,9H,5,8H2,1H3/p+1.